The van der Waals surface area contributed by atoms with Crippen LogP contribution in [0.25, 0.3) is 21.8 Å². The highest BCUT2D eigenvalue weighted by Gasteiger charge is 2.38. The van der Waals surface area contributed by atoms with E-state index in [2.05, 4.69) is 75.9 Å². The van der Waals surface area contributed by atoms with Crippen LogP contribution in [0.2, 0.25) is 0 Å². The molecule has 2 aromatic heterocycles. The number of hydrogen-bond donors (Lipinski definition) is 2. The topological polar surface area (TPSA) is 99.3 Å². The van der Waals surface area contributed by atoms with Crippen LogP contribution in [0.3, 0.4) is 0 Å². The molecule has 2 aliphatic carbocycles. The Bertz CT molecular complexity index is 1990. The van der Waals surface area contributed by atoms with E-state index in [9.17, 15) is 9.59 Å². The van der Waals surface area contributed by atoms with Crippen LogP contribution in [-0.4, -0.2) is 82.4 Å². The molecule has 10 heteroatoms. The number of amides is 2. The maximum absolute atomic E-state index is 14.1. The third-order valence-electron chi connectivity index (χ3n) is 10.7. The summed E-state index contributed by atoms with van der Waals surface area (Å²) in [6.45, 7) is 9.99. The molecule has 2 aliphatic heterocycles. The molecule has 8 rings (SSSR count). The molecule has 0 saturated carbocycles. The van der Waals surface area contributed by atoms with Crippen molar-refractivity contribution < 1.29 is 9.59 Å². The number of aromatic nitrogens is 2. The van der Waals surface area contributed by atoms with Gasteiger partial charge in [0.15, 0.2) is 0 Å². The second kappa shape index (κ2) is 11.2. The maximum Gasteiger partial charge on any atom is 0.272 e. The predicted molar refractivity (Wildman–Crippen MR) is 182 cm³/mol. The quantitative estimate of drug-likeness (QED) is 0.289. The lowest BCUT2D eigenvalue weighted by Gasteiger charge is -2.28. The van der Waals surface area contributed by atoms with Gasteiger partial charge in [-0.05, 0) is 89.0 Å². The fourth-order valence-electron chi connectivity index (χ4n) is 8.40. The van der Waals surface area contributed by atoms with E-state index in [-0.39, 0.29) is 17.7 Å². The normalized spacial score (nSPS) is 18.5. The average Bonchev–Trinajstić information content (AvgIpc) is 3.45. The summed E-state index contributed by atoms with van der Waals surface area (Å²) < 4.78 is 4.85. The molecule has 2 aromatic carbocycles. The third kappa shape index (κ3) is 4.37. The number of carbonyl (C=O) groups excluding carboxylic acids is 2. The molecular formula is C36H42N8O2. The number of nitrogens with one attached hydrogen (secondary N) is 2. The summed E-state index contributed by atoms with van der Waals surface area (Å²) in [4.78, 5) is 31.9. The second-order valence-electron chi connectivity index (χ2n) is 13.4. The number of nitrogens with zero attached hydrogens (tertiary/aromatic N) is 6. The highest BCUT2D eigenvalue weighted by Crippen LogP contribution is 2.44. The van der Waals surface area contributed by atoms with Crippen LogP contribution in [0.4, 0.5) is 0 Å². The van der Waals surface area contributed by atoms with Crippen LogP contribution >= 0.6 is 0 Å². The van der Waals surface area contributed by atoms with Crippen molar-refractivity contribution in [3.8, 4) is 0 Å². The fourth-order valence-corrected chi connectivity index (χ4v) is 8.40. The van der Waals surface area contributed by atoms with Gasteiger partial charge in [-0.3, -0.25) is 9.59 Å². The van der Waals surface area contributed by atoms with Crippen molar-refractivity contribution in [2.75, 3.05) is 40.3 Å². The number of carbonyl (C=O) groups is 2. The Kier molecular flexibility index (Phi) is 7.10. The van der Waals surface area contributed by atoms with Crippen molar-refractivity contribution in [3.05, 3.63) is 69.5 Å². The van der Waals surface area contributed by atoms with Crippen LogP contribution in [0.5, 0.6) is 0 Å². The Hall–Kier alpha value is -4.28. The Labute approximate surface area is 269 Å². The van der Waals surface area contributed by atoms with Crippen LogP contribution in [-0.2, 0) is 25.9 Å². The fraction of sp³-hybridized carbons (Fsp3) is 0.444. The summed E-state index contributed by atoms with van der Waals surface area (Å²) in [7, 11) is 4.17. The van der Waals surface area contributed by atoms with E-state index >= 15 is 0 Å². The molecule has 0 spiro atoms. The lowest BCUT2D eigenvalue weighted by atomic mass is 9.78. The number of likely N-dealkylation sites (N-methyl/N-ethyl adjacent to an activating group) is 2. The Balaban J connectivity index is 1.31. The second-order valence-corrected chi connectivity index (χ2v) is 13.4. The molecule has 0 radical (unpaired) electrons. The van der Waals surface area contributed by atoms with Crippen LogP contribution < -0.4 is 10.9 Å². The average molecular weight is 619 g/mol. The monoisotopic (exact) mass is 618 g/mol. The zero-order valence-corrected chi connectivity index (χ0v) is 27.2. The summed E-state index contributed by atoms with van der Waals surface area (Å²) in [5.74, 6) is -0.299. The largest absolute Gasteiger partial charge is 0.343 e. The van der Waals surface area contributed by atoms with Gasteiger partial charge >= 0.3 is 0 Å². The molecule has 10 nitrogen and oxygen atoms in total. The summed E-state index contributed by atoms with van der Waals surface area (Å²) in [5, 5.41) is 11.5. The zero-order chi connectivity index (χ0) is 31.7. The Morgan fingerprint density at radius 3 is 2.30 bits per heavy atom. The summed E-state index contributed by atoms with van der Waals surface area (Å²) in [6.07, 6.45) is 4.28. The number of rotatable bonds is 9. The lowest BCUT2D eigenvalue weighted by Crippen LogP contribution is -2.28. The minimum atomic E-state index is -0.175. The van der Waals surface area contributed by atoms with Gasteiger partial charge in [-0.1, -0.05) is 26.0 Å². The van der Waals surface area contributed by atoms with E-state index in [0.29, 0.717) is 12.0 Å². The molecule has 4 aromatic rings. The minimum absolute atomic E-state index is 0.0112. The SMILES string of the molecule is CCN(CC)CCn1c2c3c4c(c(C5CC6=NNC(=O)c7cccc8c7c6c(n8CCN(C)C)C5)ccc41)C(=O)NN=C3CCC2. The standard InChI is InChI=1S/C36H42N8O2/c1-5-42(6-2)16-18-43-27-12-8-10-24-32(27)34-28(43)14-13-22(31(34)36(46)40-37-24)21-19-25-33-29(20-21)44(17-15-41(3)4)26-11-7-9-23(30(26)33)35(45)39-38-25/h7,9,11,13-14,21H,5-6,8,10,12,15-20H2,1-4H3,(H,39,45)(H,40,46). The molecule has 46 heavy (non-hydrogen) atoms. The third-order valence-corrected chi connectivity index (χ3v) is 10.7. The van der Waals surface area contributed by atoms with Gasteiger partial charge in [-0.15, -0.1) is 0 Å². The van der Waals surface area contributed by atoms with Crippen LogP contribution in [0.1, 0.15) is 87.8 Å². The molecule has 1 atom stereocenters. The van der Waals surface area contributed by atoms with E-state index < -0.39 is 0 Å². The van der Waals surface area contributed by atoms with Crippen molar-refractivity contribution in [1.82, 2.24) is 29.8 Å². The Morgan fingerprint density at radius 1 is 0.783 bits per heavy atom. The van der Waals surface area contributed by atoms with Crippen LogP contribution in [0, 0.1) is 0 Å². The van der Waals surface area contributed by atoms with E-state index in [0.717, 1.165) is 120 Å². The van der Waals surface area contributed by atoms with Gasteiger partial charge in [0.05, 0.1) is 22.6 Å². The highest BCUT2D eigenvalue weighted by atomic mass is 16.2. The van der Waals surface area contributed by atoms with Gasteiger partial charge in [0.25, 0.3) is 11.8 Å². The minimum Gasteiger partial charge on any atom is -0.343 e. The zero-order valence-electron chi connectivity index (χ0n) is 27.2. The van der Waals surface area contributed by atoms with Crippen molar-refractivity contribution in [2.45, 2.75) is 65.0 Å². The highest BCUT2D eigenvalue weighted by molar-refractivity contribution is 6.23. The maximum atomic E-state index is 14.1. The van der Waals surface area contributed by atoms with Crippen molar-refractivity contribution >= 4 is 45.0 Å². The van der Waals surface area contributed by atoms with Gasteiger partial charge < -0.3 is 18.9 Å². The van der Waals surface area contributed by atoms with Gasteiger partial charge in [0.2, 0.25) is 0 Å². The van der Waals surface area contributed by atoms with Gasteiger partial charge in [-0.2, -0.15) is 10.2 Å². The summed E-state index contributed by atoms with van der Waals surface area (Å²) in [5.41, 5.74) is 17.0. The smallest absolute Gasteiger partial charge is 0.272 e. The van der Waals surface area contributed by atoms with Gasteiger partial charge in [0, 0.05) is 70.5 Å². The molecule has 2 amide bonds. The summed E-state index contributed by atoms with van der Waals surface area (Å²) >= 11 is 0. The van der Waals surface area contributed by atoms with E-state index in [1.807, 2.05) is 12.1 Å². The number of hydrazone groups is 2. The number of benzene rings is 2. The molecule has 0 bridgehead atoms. The first-order valence-corrected chi connectivity index (χ1v) is 16.8. The van der Waals surface area contributed by atoms with Crippen molar-refractivity contribution in [2.24, 2.45) is 10.2 Å². The molecule has 0 fully saturated rings. The predicted octanol–water partition coefficient (Wildman–Crippen LogP) is 4.46. The van der Waals surface area contributed by atoms with Crippen molar-refractivity contribution in [3.63, 3.8) is 0 Å². The summed E-state index contributed by atoms with van der Waals surface area (Å²) in [6, 6.07) is 10.4. The van der Waals surface area contributed by atoms with Gasteiger partial charge in [0.1, 0.15) is 0 Å². The van der Waals surface area contributed by atoms with Gasteiger partial charge in [-0.25, -0.2) is 10.9 Å². The van der Waals surface area contributed by atoms with E-state index in [4.69, 9.17) is 10.2 Å². The molecule has 4 aliphatic rings. The Morgan fingerprint density at radius 2 is 1.50 bits per heavy atom. The van der Waals surface area contributed by atoms with E-state index in [1.54, 1.807) is 0 Å². The first-order chi connectivity index (χ1) is 22.4. The van der Waals surface area contributed by atoms with Crippen molar-refractivity contribution in [1.29, 1.82) is 0 Å². The molecule has 238 valence electrons. The molecule has 4 heterocycles. The first kappa shape index (κ1) is 29.1. The number of hydrogen-bond acceptors (Lipinski definition) is 6. The first-order valence-electron chi connectivity index (χ1n) is 16.8. The van der Waals surface area contributed by atoms with E-state index in [1.165, 1.54) is 11.4 Å². The molecule has 2 N–H and O–H groups in total. The molecular weight excluding hydrogens is 576 g/mol. The van der Waals surface area contributed by atoms with Crippen LogP contribution in [0.15, 0.2) is 40.5 Å². The molecule has 1 unspecified atom stereocenters. The lowest BCUT2D eigenvalue weighted by molar-refractivity contribution is 0.0948. The molecule has 0 saturated heterocycles.